The number of carbonyl (C=O) groups is 1. The molecule has 0 fully saturated rings. The zero-order chi connectivity index (χ0) is 20.0. The van der Waals surface area contributed by atoms with E-state index < -0.39 is 0 Å². The first-order valence-electron chi connectivity index (χ1n) is 9.18. The fraction of sp³-hybridized carbons (Fsp3) is 0.190. The number of thioether (sulfide) groups is 1. The van der Waals surface area contributed by atoms with Crippen LogP contribution in [0.1, 0.15) is 12.5 Å². The molecular formula is C21H16ClN3O2S2. The number of anilines is 1. The van der Waals surface area contributed by atoms with Crippen LogP contribution in [0.15, 0.2) is 58.2 Å². The van der Waals surface area contributed by atoms with Gasteiger partial charge in [0.15, 0.2) is 0 Å². The minimum Gasteiger partial charge on any atom is -0.410 e. The van der Waals surface area contributed by atoms with Gasteiger partial charge in [0.2, 0.25) is 5.91 Å². The van der Waals surface area contributed by atoms with Crippen molar-refractivity contribution in [2.24, 2.45) is 0 Å². The molecule has 5 rings (SSSR count). The SMILES string of the molecule is C[C@@H](Sc1nnc(-c2sc3ccccc3c2Cl)o1)C(=O)N1CCc2ccccc21. The quantitative estimate of drug-likeness (QED) is 0.381. The van der Waals surface area contributed by atoms with Crippen LogP contribution in [-0.4, -0.2) is 27.9 Å². The van der Waals surface area contributed by atoms with E-state index in [4.69, 9.17) is 16.0 Å². The van der Waals surface area contributed by atoms with Crippen LogP contribution >= 0.6 is 34.7 Å². The van der Waals surface area contributed by atoms with Gasteiger partial charge in [-0.05, 0) is 31.0 Å². The zero-order valence-corrected chi connectivity index (χ0v) is 17.9. The highest BCUT2D eigenvalue weighted by Crippen LogP contribution is 2.42. The molecular weight excluding hydrogens is 426 g/mol. The van der Waals surface area contributed by atoms with E-state index in [0.717, 1.165) is 27.1 Å². The molecule has 0 saturated heterocycles. The van der Waals surface area contributed by atoms with Crippen LogP contribution in [0.2, 0.25) is 5.02 Å². The van der Waals surface area contributed by atoms with Gasteiger partial charge in [0.05, 0.1) is 10.3 Å². The average Bonchev–Trinajstić information content (AvgIpc) is 3.45. The van der Waals surface area contributed by atoms with Gasteiger partial charge in [-0.1, -0.05) is 59.8 Å². The molecule has 0 radical (unpaired) electrons. The van der Waals surface area contributed by atoms with E-state index in [0.29, 0.717) is 22.7 Å². The molecule has 29 heavy (non-hydrogen) atoms. The smallest absolute Gasteiger partial charge is 0.277 e. The number of benzene rings is 2. The molecule has 0 saturated carbocycles. The molecule has 3 heterocycles. The minimum atomic E-state index is -0.340. The van der Waals surface area contributed by atoms with Gasteiger partial charge in [0.1, 0.15) is 4.88 Å². The van der Waals surface area contributed by atoms with Gasteiger partial charge in [-0.2, -0.15) is 0 Å². The Hall–Kier alpha value is -2.35. The van der Waals surface area contributed by atoms with Crippen molar-refractivity contribution in [3.8, 4) is 10.8 Å². The van der Waals surface area contributed by atoms with E-state index >= 15 is 0 Å². The molecule has 0 unspecified atom stereocenters. The average molecular weight is 442 g/mol. The monoisotopic (exact) mass is 441 g/mol. The molecule has 0 spiro atoms. The van der Waals surface area contributed by atoms with Gasteiger partial charge in [-0.3, -0.25) is 4.79 Å². The van der Waals surface area contributed by atoms with Gasteiger partial charge >= 0.3 is 0 Å². The molecule has 0 aliphatic carbocycles. The number of hydrogen-bond acceptors (Lipinski definition) is 6. The molecule has 2 aromatic heterocycles. The lowest BCUT2D eigenvalue weighted by Gasteiger charge is -2.20. The van der Waals surface area contributed by atoms with Crippen molar-refractivity contribution in [3.63, 3.8) is 0 Å². The second kappa shape index (κ2) is 7.48. The third kappa shape index (κ3) is 3.33. The fourth-order valence-electron chi connectivity index (χ4n) is 3.49. The zero-order valence-electron chi connectivity index (χ0n) is 15.5. The van der Waals surface area contributed by atoms with Crippen molar-refractivity contribution < 1.29 is 9.21 Å². The molecule has 4 aromatic rings. The second-order valence-electron chi connectivity index (χ2n) is 6.74. The van der Waals surface area contributed by atoms with Gasteiger partial charge < -0.3 is 9.32 Å². The largest absolute Gasteiger partial charge is 0.410 e. The van der Waals surface area contributed by atoms with Crippen molar-refractivity contribution in [1.82, 2.24) is 10.2 Å². The second-order valence-corrected chi connectivity index (χ2v) is 9.47. The van der Waals surface area contributed by atoms with Crippen LogP contribution in [0.4, 0.5) is 5.69 Å². The molecule has 2 aromatic carbocycles. The summed E-state index contributed by atoms with van der Waals surface area (Å²) in [4.78, 5) is 15.5. The molecule has 146 valence electrons. The van der Waals surface area contributed by atoms with Gasteiger partial charge in [0, 0.05) is 22.3 Å². The number of hydrogen-bond donors (Lipinski definition) is 0. The highest BCUT2D eigenvalue weighted by atomic mass is 35.5. The molecule has 0 bridgehead atoms. The molecule has 5 nitrogen and oxygen atoms in total. The number of rotatable bonds is 4. The number of amides is 1. The summed E-state index contributed by atoms with van der Waals surface area (Å²) in [5.41, 5.74) is 2.20. The summed E-state index contributed by atoms with van der Waals surface area (Å²) < 4.78 is 6.89. The number of fused-ring (bicyclic) bond motifs is 2. The number of aromatic nitrogens is 2. The molecule has 1 amide bonds. The lowest BCUT2D eigenvalue weighted by atomic mass is 10.2. The fourth-order valence-corrected chi connectivity index (χ4v) is 5.67. The lowest BCUT2D eigenvalue weighted by Crippen LogP contribution is -2.35. The molecule has 1 atom stereocenters. The van der Waals surface area contributed by atoms with E-state index in [9.17, 15) is 4.79 Å². The Labute approximate surface area is 180 Å². The van der Waals surface area contributed by atoms with Crippen molar-refractivity contribution >= 4 is 56.4 Å². The summed E-state index contributed by atoms with van der Waals surface area (Å²) in [6.07, 6.45) is 0.883. The maximum Gasteiger partial charge on any atom is 0.277 e. The number of nitrogens with zero attached hydrogens (tertiary/aromatic N) is 3. The Morgan fingerprint density at radius 1 is 1.21 bits per heavy atom. The highest BCUT2D eigenvalue weighted by Gasteiger charge is 2.29. The summed E-state index contributed by atoms with van der Waals surface area (Å²) in [5, 5.41) is 9.88. The Morgan fingerprint density at radius 3 is 2.86 bits per heavy atom. The van der Waals surface area contributed by atoms with Crippen LogP contribution in [0.3, 0.4) is 0 Å². The van der Waals surface area contributed by atoms with Crippen molar-refractivity contribution in [2.45, 2.75) is 23.8 Å². The van der Waals surface area contributed by atoms with Gasteiger partial charge in [0.25, 0.3) is 11.1 Å². The summed E-state index contributed by atoms with van der Waals surface area (Å²) in [7, 11) is 0. The Morgan fingerprint density at radius 2 is 2.00 bits per heavy atom. The van der Waals surface area contributed by atoms with E-state index in [-0.39, 0.29) is 11.2 Å². The lowest BCUT2D eigenvalue weighted by molar-refractivity contribution is -0.117. The van der Waals surface area contributed by atoms with Crippen LogP contribution in [0.25, 0.3) is 20.9 Å². The standard InChI is InChI=1S/C21H16ClN3O2S2/c1-12(20(26)25-11-10-13-6-2-4-8-15(13)25)28-21-24-23-19(27-21)18-17(22)14-7-3-5-9-16(14)29-18/h2-9,12H,10-11H2,1H3/t12-/m1/s1. The van der Waals surface area contributed by atoms with Gasteiger partial charge in [-0.15, -0.1) is 21.5 Å². The van der Waals surface area contributed by atoms with Crippen LogP contribution in [-0.2, 0) is 11.2 Å². The number of halogens is 1. The summed E-state index contributed by atoms with van der Waals surface area (Å²) >= 11 is 9.29. The van der Waals surface area contributed by atoms with Crippen LogP contribution in [0, 0.1) is 0 Å². The van der Waals surface area contributed by atoms with Crippen molar-refractivity contribution in [1.29, 1.82) is 0 Å². The van der Waals surface area contributed by atoms with Crippen molar-refractivity contribution in [2.75, 3.05) is 11.4 Å². The van der Waals surface area contributed by atoms with Crippen LogP contribution in [0.5, 0.6) is 0 Å². The molecule has 8 heteroatoms. The highest BCUT2D eigenvalue weighted by molar-refractivity contribution is 8.00. The maximum absolute atomic E-state index is 13.0. The van der Waals surface area contributed by atoms with E-state index in [1.807, 2.05) is 54.3 Å². The third-order valence-electron chi connectivity index (χ3n) is 4.91. The Kier molecular flexibility index (Phi) is 4.81. The summed E-state index contributed by atoms with van der Waals surface area (Å²) in [6.45, 7) is 2.57. The van der Waals surface area contributed by atoms with Crippen molar-refractivity contribution in [3.05, 3.63) is 59.1 Å². The molecule has 1 aliphatic rings. The molecule has 0 N–H and O–H groups in total. The predicted molar refractivity (Wildman–Crippen MR) is 118 cm³/mol. The number of para-hydroxylation sites is 1. The minimum absolute atomic E-state index is 0.0413. The Balaban J connectivity index is 1.35. The van der Waals surface area contributed by atoms with Crippen LogP contribution < -0.4 is 4.90 Å². The first-order chi connectivity index (χ1) is 14.1. The number of carbonyl (C=O) groups excluding carboxylic acids is 1. The predicted octanol–water partition coefficient (Wildman–Crippen LogP) is 5.67. The van der Waals surface area contributed by atoms with E-state index in [1.54, 1.807) is 0 Å². The normalized spacial score (nSPS) is 14.3. The first-order valence-corrected chi connectivity index (χ1v) is 11.3. The molecule has 1 aliphatic heterocycles. The maximum atomic E-state index is 13.0. The Bertz CT molecular complexity index is 1220. The first kappa shape index (κ1) is 18.7. The van der Waals surface area contributed by atoms with Gasteiger partial charge in [-0.25, -0.2) is 0 Å². The number of thiophene rings is 1. The summed E-state index contributed by atoms with van der Waals surface area (Å²) in [5.74, 6) is 0.421. The van der Waals surface area contributed by atoms with E-state index in [1.165, 1.54) is 28.7 Å². The van der Waals surface area contributed by atoms with E-state index in [2.05, 4.69) is 16.3 Å². The third-order valence-corrected chi connectivity index (χ3v) is 7.50. The summed E-state index contributed by atoms with van der Waals surface area (Å²) in [6, 6.07) is 15.9. The topological polar surface area (TPSA) is 59.2 Å².